The van der Waals surface area contributed by atoms with E-state index in [-0.39, 0.29) is 5.41 Å². The summed E-state index contributed by atoms with van der Waals surface area (Å²) in [4.78, 5) is 10.1. The number of likely N-dealkylation sites (N-methyl/N-ethyl adjacent to an activating group) is 1. The predicted octanol–water partition coefficient (Wildman–Crippen LogP) is 4.43. The quantitative estimate of drug-likeness (QED) is 0.680. The zero-order chi connectivity index (χ0) is 19.0. The van der Waals surface area contributed by atoms with Crippen molar-refractivity contribution in [3.8, 4) is 6.07 Å². The lowest BCUT2D eigenvalue weighted by molar-refractivity contribution is 0.375. The highest BCUT2D eigenvalue weighted by Gasteiger charge is 2.38. The van der Waals surface area contributed by atoms with Crippen LogP contribution in [0, 0.1) is 11.3 Å². The lowest BCUT2D eigenvalue weighted by atomic mass is 9.79. The number of imidazole rings is 1. The summed E-state index contributed by atoms with van der Waals surface area (Å²) in [6.45, 7) is 2.64. The summed E-state index contributed by atoms with van der Waals surface area (Å²) in [6.07, 6.45) is 1.01. The highest BCUT2D eigenvalue weighted by atomic mass is 35.5. The predicted molar refractivity (Wildman–Crippen MR) is 110 cm³/mol. The Balaban J connectivity index is 1.63. The lowest BCUT2D eigenvalue weighted by Crippen LogP contribution is -2.37. The molecule has 0 amide bonds. The third-order valence-electron chi connectivity index (χ3n) is 5.30. The average molecular weight is 400 g/mol. The molecule has 1 aliphatic rings. The molecule has 1 unspecified atom stereocenters. The number of rotatable bonds is 4. The van der Waals surface area contributed by atoms with Gasteiger partial charge in [-0.25, -0.2) is 4.98 Å². The molecule has 27 heavy (non-hydrogen) atoms. The first kappa shape index (κ1) is 18.1. The molecule has 3 aromatic rings. The number of halogens is 2. The van der Waals surface area contributed by atoms with Crippen molar-refractivity contribution in [1.82, 2.24) is 14.9 Å². The SMILES string of the molecule is CN1CCC(CNc2nc3c(C#N)cccc3[nH]2)(c2ccc(Cl)c(Cl)c2)C1. The highest BCUT2D eigenvalue weighted by Crippen LogP contribution is 2.37. The number of anilines is 1. The molecule has 7 heteroatoms. The molecule has 1 atom stereocenters. The van der Waals surface area contributed by atoms with Gasteiger partial charge in [0.1, 0.15) is 11.6 Å². The molecular formula is C20H19Cl2N5. The van der Waals surface area contributed by atoms with E-state index in [4.69, 9.17) is 23.2 Å². The van der Waals surface area contributed by atoms with Gasteiger partial charge in [-0.2, -0.15) is 5.26 Å². The van der Waals surface area contributed by atoms with Crippen molar-refractivity contribution in [1.29, 1.82) is 5.26 Å². The van der Waals surface area contributed by atoms with Gasteiger partial charge in [0.15, 0.2) is 0 Å². The van der Waals surface area contributed by atoms with E-state index >= 15 is 0 Å². The third kappa shape index (κ3) is 3.37. The second-order valence-electron chi connectivity index (χ2n) is 7.15. The second kappa shape index (κ2) is 7.05. The molecule has 5 nitrogen and oxygen atoms in total. The van der Waals surface area contributed by atoms with Crippen molar-refractivity contribution in [3.63, 3.8) is 0 Å². The van der Waals surface area contributed by atoms with E-state index in [2.05, 4.69) is 39.4 Å². The fourth-order valence-corrected chi connectivity index (χ4v) is 4.14. The Morgan fingerprint density at radius 3 is 2.85 bits per heavy atom. The number of nitrogens with one attached hydrogen (secondary N) is 2. The van der Waals surface area contributed by atoms with Gasteiger partial charge >= 0.3 is 0 Å². The molecule has 0 radical (unpaired) electrons. The van der Waals surface area contributed by atoms with E-state index in [1.807, 2.05) is 24.3 Å². The third-order valence-corrected chi connectivity index (χ3v) is 6.04. The maximum atomic E-state index is 9.26. The summed E-state index contributed by atoms with van der Waals surface area (Å²) >= 11 is 12.4. The standard InChI is InChI=1S/C20H19Cl2N5/c1-27-8-7-20(12-27,14-5-6-15(21)16(22)9-14)11-24-19-25-17-4-2-3-13(10-23)18(17)26-19/h2-6,9H,7-8,11-12H2,1H3,(H2,24,25,26). The molecule has 0 bridgehead atoms. The number of nitriles is 1. The van der Waals surface area contributed by atoms with Crippen LogP contribution in [0.2, 0.25) is 10.0 Å². The van der Waals surface area contributed by atoms with Gasteiger partial charge < -0.3 is 15.2 Å². The summed E-state index contributed by atoms with van der Waals surface area (Å²) in [5, 5.41) is 13.8. The van der Waals surface area contributed by atoms with E-state index in [9.17, 15) is 5.26 Å². The van der Waals surface area contributed by atoms with Crippen molar-refractivity contribution < 1.29 is 0 Å². The smallest absolute Gasteiger partial charge is 0.201 e. The number of likely N-dealkylation sites (tertiary alicyclic amines) is 1. The van der Waals surface area contributed by atoms with Crippen LogP contribution in [-0.4, -0.2) is 41.5 Å². The van der Waals surface area contributed by atoms with Gasteiger partial charge in [0.05, 0.1) is 21.1 Å². The monoisotopic (exact) mass is 399 g/mol. The molecule has 0 spiro atoms. The minimum atomic E-state index is -0.0833. The molecule has 2 aromatic carbocycles. The van der Waals surface area contributed by atoms with E-state index < -0.39 is 0 Å². The Morgan fingerprint density at radius 1 is 1.30 bits per heavy atom. The van der Waals surface area contributed by atoms with Gasteiger partial charge in [-0.1, -0.05) is 35.3 Å². The second-order valence-corrected chi connectivity index (χ2v) is 7.96. The number of aromatic nitrogens is 2. The van der Waals surface area contributed by atoms with Gasteiger partial charge in [0.25, 0.3) is 0 Å². The van der Waals surface area contributed by atoms with Crippen LogP contribution in [0.3, 0.4) is 0 Å². The largest absolute Gasteiger partial charge is 0.355 e. The molecule has 1 aromatic heterocycles. The number of fused-ring (bicyclic) bond motifs is 1. The van der Waals surface area contributed by atoms with E-state index in [0.29, 0.717) is 33.6 Å². The molecule has 2 N–H and O–H groups in total. The number of hydrogen-bond acceptors (Lipinski definition) is 4. The molecular weight excluding hydrogens is 381 g/mol. The average Bonchev–Trinajstić information content (AvgIpc) is 3.26. The van der Waals surface area contributed by atoms with Gasteiger partial charge in [-0.15, -0.1) is 0 Å². The molecule has 1 fully saturated rings. The van der Waals surface area contributed by atoms with Crippen LogP contribution in [0.1, 0.15) is 17.5 Å². The Kier molecular flexibility index (Phi) is 4.73. The molecule has 0 saturated carbocycles. The van der Waals surface area contributed by atoms with E-state index in [0.717, 1.165) is 25.0 Å². The van der Waals surface area contributed by atoms with Crippen LogP contribution >= 0.6 is 23.2 Å². The molecule has 4 rings (SSSR count). The summed E-state index contributed by atoms with van der Waals surface area (Å²) in [7, 11) is 2.12. The van der Waals surface area contributed by atoms with Crippen LogP contribution < -0.4 is 5.32 Å². The Hall–Kier alpha value is -2.26. The number of para-hydroxylation sites is 1. The van der Waals surface area contributed by atoms with E-state index in [1.54, 1.807) is 6.07 Å². The maximum absolute atomic E-state index is 9.26. The number of H-pyrrole nitrogens is 1. The summed E-state index contributed by atoms with van der Waals surface area (Å²) < 4.78 is 0. The summed E-state index contributed by atoms with van der Waals surface area (Å²) in [6, 6.07) is 13.6. The van der Waals surface area contributed by atoms with Gasteiger partial charge in [-0.05, 0) is 49.8 Å². The summed E-state index contributed by atoms with van der Waals surface area (Å²) in [5.41, 5.74) is 3.19. The molecule has 0 aliphatic carbocycles. The van der Waals surface area contributed by atoms with Crippen LogP contribution in [-0.2, 0) is 5.41 Å². The molecule has 138 valence electrons. The maximum Gasteiger partial charge on any atom is 0.201 e. The van der Waals surface area contributed by atoms with Crippen LogP contribution in [0.25, 0.3) is 11.0 Å². The molecule has 2 heterocycles. The fourth-order valence-electron chi connectivity index (χ4n) is 3.85. The number of benzene rings is 2. The topological polar surface area (TPSA) is 67.7 Å². The Bertz CT molecular complexity index is 1040. The fraction of sp³-hybridized carbons (Fsp3) is 0.300. The first-order valence-electron chi connectivity index (χ1n) is 8.77. The number of hydrogen-bond donors (Lipinski definition) is 2. The van der Waals surface area contributed by atoms with E-state index in [1.165, 1.54) is 5.56 Å². The minimum Gasteiger partial charge on any atom is -0.355 e. The number of aromatic amines is 1. The van der Waals surface area contributed by atoms with Gasteiger partial charge in [0, 0.05) is 18.5 Å². The van der Waals surface area contributed by atoms with Crippen LogP contribution in [0.4, 0.5) is 5.95 Å². The van der Waals surface area contributed by atoms with Crippen molar-refractivity contribution >= 4 is 40.2 Å². The minimum absolute atomic E-state index is 0.0833. The normalized spacial score (nSPS) is 20.1. The van der Waals surface area contributed by atoms with Crippen molar-refractivity contribution in [2.24, 2.45) is 0 Å². The zero-order valence-corrected chi connectivity index (χ0v) is 16.4. The van der Waals surface area contributed by atoms with Crippen LogP contribution in [0.15, 0.2) is 36.4 Å². The van der Waals surface area contributed by atoms with Crippen molar-refractivity contribution in [2.75, 3.05) is 32.0 Å². The van der Waals surface area contributed by atoms with Gasteiger partial charge in [-0.3, -0.25) is 0 Å². The molecule has 1 aliphatic heterocycles. The number of nitrogens with zero attached hydrogens (tertiary/aromatic N) is 3. The highest BCUT2D eigenvalue weighted by molar-refractivity contribution is 6.42. The van der Waals surface area contributed by atoms with Crippen molar-refractivity contribution in [2.45, 2.75) is 11.8 Å². The summed E-state index contributed by atoms with van der Waals surface area (Å²) in [5.74, 6) is 0.668. The molecule has 1 saturated heterocycles. The first-order valence-corrected chi connectivity index (χ1v) is 9.53. The van der Waals surface area contributed by atoms with Gasteiger partial charge in [0.2, 0.25) is 5.95 Å². The Morgan fingerprint density at radius 2 is 2.15 bits per heavy atom. The first-order chi connectivity index (χ1) is 13.0. The Labute approximate surface area is 167 Å². The zero-order valence-electron chi connectivity index (χ0n) is 14.9. The van der Waals surface area contributed by atoms with Crippen LogP contribution in [0.5, 0.6) is 0 Å². The lowest BCUT2D eigenvalue weighted by Gasteiger charge is -2.30. The van der Waals surface area contributed by atoms with Crippen molar-refractivity contribution in [3.05, 3.63) is 57.6 Å².